The van der Waals surface area contributed by atoms with Gasteiger partial charge in [0.15, 0.2) is 0 Å². The van der Waals surface area contributed by atoms with Gasteiger partial charge in [-0.3, -0.25) is 9.59 Å². The van der Waals surface area contributed by atoms with Crippen LogP contribution in [0.25, 0.3) is 0 Å². The van der Waals surface area contributed by atoms with Crippen LogP contribution in [-0.4, -0.2) is 59.5 Å². The van der Waals surface area contributed by atoms with Gasteiger partial charge in [0.25, 0.3) is 0 Å². The fourth-order valence-corrected chi connectivity index (χ4v) is 1.97. The van der Waals surface area contributed by atoms with E-state index >= 15 is 0 Å². The van der Waals surface area contributed by atoms with Crippen molar-refractivity contribution < 1.29 is 14.7 Å². The Morgan fingerprint density at radius 3 is 2.69 bits per heavy atom. The number of likely N-dealkylation sites (tertiary alicyclic amines) is 1. The lowest BCUT2D eigenvalue weighted by molar-refractivity contribution is -0.135. The smallest absolute Gasteiger partial charge is 0.227 e. The lowest BCUT2D eigenvalue weighted by Gasteiger charge is -2.22. The number of carbonyl (C=O) groups excluding carboxylic acids is 2. The highest BCUT2D eigenvalue weighted by molar-refractivity contribution is 5.89. The first-order chi connectivity index (χ1) is 7.47. The van der Waals surface area contributed by atoms with Crippen LogP contribution in [0.4, 0.5) is 0 Å². The summed E-state index contributed by atoms with van der Waals surface area (Å²) in [6.45, 7) is 4.68. The summed E-state index contributed by atoms with van der Waals surface area (Å²) in [5.41, 5.74) is 0. The Labute approximate surface area is 96.0 Å². The van der Waals surface area contributed by atoms with Crippen molar-refractivity contribution in [2.24, 2.45) is 5.92 Å². The first-order valence-electron chi connectivity index (χ1n) is 5.62. The Morgan fingerprint density at radius 2 is 2.25 bits per heavy atom. The van der Waals surface area contributed by atoms with E-state index in [1.165, 1.54) is 4.90 Å². The molecule has 5 nitrogen and oxygen atoms in total. The Bertz CT molecular complexity index is 278. The van der Waals surface area contributed by atoms with E-state index < -0.39 is 0 Å². The van der Waals surface area contributed by atoms with Gasteiger partial charge in [0, 0.05) is 32.6 Å². The number of aliphatic hydroxyl groups excluding tert-OH is 1. The molecule has 0 aromatic carbocycles. The Morgan fingerprint density at radius 1 is 1.62 bits per heavy atom. The molecule has 92 valence electrons. The summed E-state index contributed by atoms with van der Waals surface area (Å²) < 4.78 is 0. The molecular formula is C11H20N2O3. The molecule has 5 heteroatoms. The summed E-state index contributed by atoms with van der Waals surface area (Å²) in [7, 11) is 1.65. The maximum Gasteiger partial charge on any atom is 0.227 e. The second kappa shape index (κ2) is 5.30. The topological polar surface area (TPSA) is 60.9 Å². The van der Waals surface area contributed by atoms with Crippen LogP contribution in [0, 0.1) is 5.92 Å². The van der Waals surface area contributed by atoms with Gasteiger partial charge in [-0.25, -0.2) is 0 Å². The molecule has 0 radical (unpaired) electrons. The van der Waals surface area contributed by atoms with E-state index in [0.717, 1.165) is 0 Å². The van der Waals surface area contributed by atoms with Crippen LogP contribution < -0.4 is 0 Å². The normalized spacial score (nSPS) is 20.7. The number of carbonyl (C=O) groups is 2. The largest absolute Gasteiger partial charge is 0.395 e. The minimum atomic E-state index is -0.244. The van der Waals surface area contributed by atoms with Crippen molar-refractivity contribution in [3.63, 3.8) is 0 Å². The number of likely N-dealkylation sites (N-methyl/N-ethyl adjacent to an activating group) is 1. The molecule has 0 spiro atoms. The van der Waals surface area contributed by atoms with Gasteiger partial charge < -0.3 is 14.9 Å². The average molecular weight is 228 g/mol. The highest BCUT2D eigenvalue weighted by Crippen LogP contribution is 2.21. The molecule has 1 aliphatic rings. The van der Waals surface area contributed by atoms with Crippen LogP contribution in [-0.2, 0) is 9.59 Å². The third-order valence-corrected chi connectivity index (χ3v) is 2.94. The number of hydrogen-bond donors (Lipinski definition) is 1. The minimum Gasteiger partial charge on any atom is -0.395 e. The van der Waals surface area contributed by atoms with E-state index in [1.807, 2.05) is 13.8 Å². The molecule has 0 aliphatic carbocycles. The van der Waals surface area contributed by atoms with Gasteiger partial charge in [-0.05, 0) is 13.8 Å². The van der Waals surface area contributed by atoms with Crippen molar-refractivity contribution in [3.8, 4) is 0 Å². The fraction of sp³-hybridized carbons (Fsp3) is 0.818. The first-order valence-corrected chi connectivity index (χ1v) is 5.62. The zero-order chi connectivity index (χ0) is 12.3. The molecule has 16 heavy (non-hydrogen) atoms. The Hall–Kier alpha value is -1.10. The van der Waals surface area contributed by atoms with Crippen LogP contribution in [0.1, 0.15) is 20.3 Å². The van der Waals surface area contributed by atoms with Crippen LogP contribution >= 0.6 is 0 Å². The maximum absolute atomic E-state index is 11.9. The third kappa shape index (κ3) is 2.72. The zero-order valence-electron chi connectivity index (χ0n) is 10.1. The predicted octanol–water partition coefficient (Wildman–Crippen LogP) is -0.306. The van der Waals surface area contributed by atoms with Gasteiger partial charge in [0.2, 0.25) is 11.8 Å². The number of rotatable bonds is 4. The second-order valence-electron chi connectivity index (χ2n) is 4.52. The lowest BCUT2D eigenvalue weighted by Crippen LogP contribution is -2.37. The maximum atomic E-state index is 11.9. The SMILES string of the molecule is CC(C)N1CC(C(=O)N(C)CCO)CC1=O. The molecule has 1 fully saturated rings. The van der Waals surface area contributed by atoms with E-state index in [0.29, 0.717) is 19.5 Å². The van der Waals surface area contributed by atoms with Gasteiger partial charge in [0.1, 0.15) is 0 Å². The molecule has 0 aromatic heterocycles. The van der Waals surface area contributed by atoms with E-state index in [2.05, 4.69) is 0 Å². The van der Waals surface area contributed by atoms with Crippen LogP contribution in [0.3, 0.4) is 0 Å². The summed E-state index contributed by atoms with van der Waals surface area (Å²) in [6.07, 6.45) is 0.298. The second-order valence-corrected chi connectivity index (χ2v) is 4.52. The minimum absolute atomic E-state index is 0.0448. The van der Waals surface area contributed by atoms with Crippen molar-refractivity contribution in [2.45, 2.75) is 26.3 Å². The average Bonchev–Trinajstić information content (AvgIpc) is 2.59. The number of nitrogens with zero attached hydrogens (tertiary/aromatic N) is 2. The number of amides is 2. The van der Waals surface area contributed by atoms with Crippen molar-refractivity contribution in [1.82, 2.24) is 9.80 Å². The highest BCUT2D eigenvalue weighted by Gasteiger charge is 2.36. The van der Waals surface area contributed by atoms with E-state index in [9.17, 15) is 9.59 Å². The van der Waals surface area contributed by atoms with Crippen LogP contribution in [0.15, 0.2) is 0 Å². The molecule has 1 aliphatic heterocycles. The highest BCUT2D eigenvalue weighted by atomic mass is 16.3. The molecule has 1 N–H and O–H groups in total. The Balaban J connectivity index is 2.58. The molecule has 0 aromatic rings. The number of aliphatic hydroxyl groups is 1. The summed E-state index contributed by atoms with van der Waals surface area (Å²) in [5.74, 6) is -0.247. The van der Waals surface area contributed by atoms with Gasteiger partial charge in [-0.15, -0.1) is 0 Å². The molecule has 0 bridgehead atoms. The van der Waals surface area contributed by atoms with E-state index in [4.69, 9.17) is 5.11 Å². The molecular weight excluding hydrogens is 208 g/mol. The summed E-state index contributed by atoms with van der Waals surface area (Å²) in [4.78, 5) is 26.7. The molecule has 1 heterocycles. The van der Waals surface area contributed by atoms with Gasteiger partial charge in [-0.2, -0.15) is 0 Å². The molecule has 1 unspecified atom stereocenters. The van der Waals surface area contributed by atoms with E-state index in [1.54, 1.807) is 11.9 Å². The number of hydrogen-bond acceptors (Lipinski definition) is 3. The quantitative estimate of drug-likeness (QED) is 0.718. The summed E-state index contributed by atoms with van der Waals surface area (Å²) in [5, 5.41) is 8.75. The summed E-state index contributed by atoms with van der Waals surface area (Å²) >= 11 is 0. The van der Waals surface area contributed by atoms with Crippen molar-refractivity contribution >= 4 is 11.8 Å². The third-order valence-electron chi connectivity index (χ3n) is 2.94. The monoisotopic (exact) mass is 228 g/mol. The lowest BCUT2D eigenvalue weighted by atomic mass is 10.1. The molecule has 1 rings (SSSR count). The van der Waals surface area contributed by atoms with Crippen molar-refractivity contribution in [1.29, 1.82) is 0 Å². The van der Waals surface area contributed by atoms with E-state index in [-0.39, 0.29) is 30.4 Å². The van der Waals surface area contributed by atoms with Crippen molar-refractivity contribution in [3.05, 3.63) is 0 Å². The van der Waals surface area contributed by atoms with Crippen LogP contribution in [0.5, 0.6) is 0 Å². The van der Waals surface area contributed by atoms with Gasteiger partial charge in [-0.1, -0.05) is 0 Å². The standard InChI is InChI=1S/C11H20N2O3/c1-8(2)13-7-9(6-10(13)15)11(16)12(3)4-5-14/h8-9,14H,4-7H2,1-3H3. The summed E-state index contributed by atoms with van der Waals surface area (Å²) in [6, 6.07) is 0.147. The van der Waals surface area contributed by atoms with Crippen molar-refractivity contribution in [2.75, 3.05) is 26.7 Å². The van der Waals surface area contributed by atoms with Gasteiger partial charge >= 0.3 is 0 Å². The van der Waals surface area contributed by atoms with Gasteiger partial charge in [0.05, 0.1) is 12.5 Å². The fourth-order valence-electron chi connectivity index (χ4n) is 1.97. The van der Waals surface area contributed by atoms with Crippen LogP contribution in [0.2, 0.25) is 0 Å². The molecule has 1 atom stereocenters. The molecule has 1 saturated heterocycles. The molecule has 2 amide bonds. The zero-order valence-corrected chi connectivity index (χ0v) is 10.1. The molecule has 0 saturated carbocycles. The Kier molecular flexibility index (Phi) is 4.29. The predicted molar refractivity (Wildman–Crippen MR) is 59.7 cm³/mol. The first kappa shape index (κ1) is 13.0.